The van der Waals surface area contributed by atoms with E-state index in [9.17, 15) is 19.2 Å². The zero-order valence-electron chi connectivity index (χ0n) is 19.5. The fraction of sp³-hybridized carbons (Fsp3) is 0.200. The van der Waals surface area contributed by atoms with Crippen LogP contribution in [0.4, 0.5) is 16.2 Å². The van der Waals surface area contributed by atoms with Crippen LogP contribution in [0.3, 0.4) is 0 Å². The number of anilines is 2. The van der Waals surface area contributed by atoms with Gasteiger partial charge < -0.3 is 16.8 Å². The van der Waals surface area contributed by atoms with Gasteiger partial charge in [-0.05, 0) is 56.0 Å². The van der Waals surface area contributed by atoms with Crippen molar-refractivity contribution in [1.29, 1.82) is 5.26 Å². The highest BCUT2D eigenvalue weighted by Gasteiger charge is 2.37. The first-order chi connectivity index (χ1) is 17.7. The van der Waals surface area contributed by atoms with Crippen LogP contribution in [0.25, 0.3) is 16.6 Å². The molecule has 1 fully saturated rings. The summed E-state index contributed by atoms with van der Waals surface area (Å²) in [7, 11) is 0. The first-order valence-corrected chi connectivity index (χ1v) is 11.7. The van der Waals surface area contributed by atoms with Gasteiger partial charge in [-0.3, -0.25) is 14.2 Å². The number of amides is 1. The Morgan fingerprint density at radius 3 is 2.70 bits per heavy atom. The monoisotopic (exact) mass is 518 g/mol. The zero-order valence-corrected chi connectivity index (χ0v) is 20.3. The average Bonchev–Trinajstić information content (AvgIpc) is 3.69. The van der Waals surface area contributed by atoms with Gasteiger partial charge in [0.15, 0.2) is 0 Å². The van der Waals surface area contributed by atoms with Gasteiger partial charge in [-0.1, -0.05) is 17.7 Å². The quantitative estimate of drug-likeness (QED) is 0.349. The van der Waals surface area contributed by atoms with Crippen LogP contribution in [-0.2, 0) is 0 Å². The number of halogens is 2. The molecule has 1 amide bonds. The zero-order chi connectivity index (χ0) is 26.4. The maximum atomic E-state index is 14.9. The molecule has 0 unspecified atom stereocenters. The SMILES string of the molecule is Cc1nc(N)nc(N[C@H](c2nc3c(F)ccc(Cl)c3c(=O)n2-c2cccc(C(N)=O)c2)C2CC2)c1C#N. The van der Waals surface area contributed by atoms with Crippen molar-refractivity contribution in [3.63, 3.8) is 0 Å². The van der Waals surface area contributed by atoms with Gasteiger partial charge in [-0.25, -0.2) is 14.4 Å². The fourth-order valence-corrected chi connectivity index (χ4v) is 4.53. The molecule has 0 aliphatic heterocycles. The first kappa shape index (κ1) is 24.1. The number of nitrogens with one attached hydrogen (secondary N) is 1. The minimum Gasteiger partial charge on any atom is -0.368 e. The Morgan fingerprint density at radius 1 is 1.27 bits per heavy atom. The van der Waals surface area contributed by atoms with E-state index in [1.807, 2.05) is 0 Å². The summed E-state index contributed by atoms with van der Waals surface area (Å²) in [5, 5.41) is 12.8. The molecule has 5 rings (SSSR count). The Balaban J connectivity index is 1.81. The van der Waals surface area contributed by atoms with E-state index < -0.39 is 23.3 Å². The number of carbonyl (C=O) groups is 1. The van der Waals surface area contributed by atoms with Crippen LogP contribution in [-0.4, -0.2) is 25.4 Å². The molecule has 5 N–H and O–H groups in total. The second kappa shape index (κ2) is 9.15. The minimum absolute atomic E-state index is 0.0137. The van der Waals surface area contributed by atoms with Gasteiger partial charge in [0.05, 0.1) is 27.8 Å². The predicted octanol–water partition coefficient (Wildman–Crippen LogP) is 3.39. The normalized spacial score (nSPS) is 13.8. The van der Waals surface area contributed by atoms with Gasteiger partial charge in [0, 0.05) is 5.56 Å². The molecule has 2 aromatic carbocycles. The highest BCUT2D eigenvalue weighted by atomic mass is 35.5. The number of nitrogens with two attached hydrogens (primary N) is 2. The van der Waals surface area contributed by atoms with E-state index >= 15 is 0 Å². The number of hydrogen-bond donors (Lipinski definition) is 3. The number of nitrogen functional groups attached to an aromatic ring is 1. The van der Waals surface area contributed by atoms with E-state index in [1.165, 1.54) is 22.8 Å². The molecule has 1 atom stereocenters. The van der Waals surface area contributed by atoms with Gasteiger partial charge in [-0.2, -0.15) is 10.2 Å². The van der Waals surface area contributed by atoms with Crippen molar-refractivity contribution in [2.24, 2.45) is 11.7 Å². The lowest BCUT2D eigenvalue weighted by atomic mass is 10.1. The number of nitrogens with zero attached hydrogens (tertiary/aromatic N) is 5. The number of primary amides is 1. The predicted molar refractivity (Wildman–Crippen MR) is 136 cm³/mol. The van der Waals surface area contributed by atoms with Crippen molar-refractivity contribution in [3.8, 4) is 11.8 Å². The summed E-state index contributed by atoms with van der Waals surface area (Å²) in [6.07, 6.45) is 1.57. The molecule has 10 nitrogen and oxygen atoms in total. The molecule has 1 saturated carbocycles. The molecule has 37 heavy (non-hydrogen) atoms. The molecular weight excluding hydrogens is 499 g/mol. The lowest BCUT2D eigenvalue weighted by molar-refractivity contribution is 0.1000. The summed E-state index contributed by atoms with van der Waals surface area (Å²) in [6.45, 7) is 1.63. The standard InChI is InChI=1S/C25H20ClFN8O2/c1-11-15(10-28)22(34-25(30)31-11)32-19(12-5-6-12)23-33-20-17(27)8-7-16(26)18(20)24(37)35(23)14-4-2-3-13(9-14)21(29)36/h2-4,7-9,12,19H,5-6H2,1H3,(H2,29,36)(H3,30,31,32,34)/t19-/m0/s1. The van der Waals surface area contributed by atoms with Gasteiger partial charge in [0.25, 0.3) is 5.56 Å². The number of fused-ring (bicyclic) bond motifs is 1. The van der Waals surface area contributed by atoms with E-state index in [2.05, 4.69) is 26.3 Å². The van der Waals surface area contributed by atoms with E-state index in [0.717, 1.165) is 18.9 Å². The van der Waals surface area contributed by atoms with E-state index in [1.54, 1.807) is 19.1 Å². The Morgan fingerprint density at radius 2 is 2.03 bits per heavy atom. The molecule has 0 bridgehead atoms. The van der Waals surface area contributed by atoms with Crippen LogP contribution in [0.2, 0.25) is 5.02 Å². The summed E-state index contributed by atoms with van der Waals surface area (Å²) in [4.78, 5) is 38.5. The third-order valence-electron chi connectivity index (χ3n) is 6.22. The van der Waals surface area contributed by atoms with Crippen LogP contribution < -0.4 is 22.3 Å². The smallest absolute Gasteiger partial charge is 0.267 e. The molecule has 1 aliphatic carbocycles. The summed E-state index contributed by atoms with van der Waals surface area (Å²) in [5.74, 6) is -1.13. The van der Waals surface area contributed by atoms with Gasteiger partial charge in [0.1, 0.15) is 34.6 Å². The number of hydrogen-bond acceptors (Lipinski definition) is 8. The van der Waals surface area contributed by atoms with Crippen LogP contribution in [0, 0.1) is 30.0 Å². The Bertz CT molecular complexity index is 1690. The minimum atomic E-state index is -0.717. The number of nitriles is 1. The summed E-state index contributed by atoms with van der Waals surface area (Å²) < 4.78 is 16.2. The van der Waals surface area contributed by atoms with E-state index in [-0.39, 0.29) is 56.2 Å². The van der Waals surface area contributed by atoms with Gasteiger partial charge >= 0.3 is 0 Å². The molecule has 2 heterocycles. The summed E-state index contributed by atoms with van der Waals surface area (Å²) in [5.41, 5.74) is 11.5. The summed E-state index contributed by atoms with van der Waals surface area (Å²) >= 11 is 6.31. The highest BCUT2D eigenvalue weighted by Crippen LogP contribution is 2.43. The molecule has 4 aromatic rings. The van der Waals surface area contributed by atoms with Crippen molar-refractivity contribution in [2.45, 2.75) is 25.8 Å². The van der Waals surface area contributed by atoms with Crippen molar-refractivity contribution in [2.75, 3.05) is 11.1 Å². The van der Waals surface area contributed by atoms with Crippen LogP contribution >= 0.6 is 11.6 Å². The van der Waals surface area contributed by atoms with Crippen LogP contribution in [0.15, 0.2) is 41.2 Å². The molecule has 0 spiro atoms. The lowest BCUT2D eigenvalue weighted by Crippen LogP contribution is -2.30. The van der Waals surface area contributed by atoms with Crippen molar-refractivity contribution in [3.05, 3.63) is 80.2 Å². The molecule has 12 heteroatoms. The van der Waals surface area contributed by atoms with Crippen molar-refractivity contribution >= 4 is 40.2 Å². The molecule has 0 saturated heterocycles. The average molecular weight is 519 g/mol. The third-order valence-corrected chi connectivity index (χ3v) is 6.54. The number of rotatable bonds is 6. The maximum Gasteiger partial charge on any atom is 0.267 e. The molecular formula is C25H20ClFN8O2. The second-order valence-corrected chi connectivity index (χ2v) is 9.15. The van der Waals surface area contributed by atoms with Crippen molar-refractivity contribution in [1.82, 2.24) is 19.5 Å². The Labute approximate surface area is 214 Å². The topological polar surface area (TPSA) is 166 Å². The lowest BCUT2D eigenvalue weighted by Gasteiger charge is -2.24. The van der Waals surface area contributed by atoms with Gasteiger partial charge in [0.2, 0.25) is 11.9 Å². The number of carbonyl (C=O) groups excluding carboxylic acids is 1. The second-order valence-electron chi connectivity index (χ2n) is 8.74. The molecule has 2 aromatic heterocycles. The van der Waals surface area contributed by atoms with E-state index in [0.29, 0.717) is 5.69 Å². The third kappa shape index (κ3) is 4.32. The highest BCUT2D eigenvalue weighted by molar-refractivity contribution is 6.35. The van der Waals surface area contributed by atoms with Crippen LogP contribution in [0.5, 0.6) is 0 Å². The molecule has 0 radical (unpaired) electrons. The number of benzene rings is 2. The largest absolute Gasteiger partial charge is 0.368 e. The maximum absolute atomic E-state index is 14.9. The Kier molecular flexibility index (Phi) is 5.97. The molecule has 1 aliphatic rings. The van der Waals surface area contributed by atoms with Gasteiger partial charge in [-0.15, -0.1) is 0 Å². The Hall–Kier alpha value is -4.56. The van der Waals surface area contributed by atoms with Crippen molar-refractivity contribution < 1.29 is 9.18 Å². The van der Waals surface area contributed by atoms with E-state index in [4.69, 9.17) is 23.1 Å². The first-order valence-electron chi connectivity index (χ1n) is 11.3. The summed E-state index contributed by atoms with van der Waals surface area (Å²) in [6, 6.07) is 9.97. The number of aryl methyl sites for hydroxylation is 1. The number of aromatic nitrogens is 4. The van der Waals surface area contributed by atoms with Crippen LogP contribution in [0.1, 0.15) is 46.3 Å². The fourth-order valence-electron chi connectivity index (χ4n) is 4.29. The molecule has 186 valence electrons.